The zero-order chi connectivity index (χ0) is 19.8. The molecular formula is C20H23ClN2O3S. The fourth-order valence-electron chi connectivity index (χ4n) is 3.22. The van der Waals surface area contributed by atoms with Gasteiger partial charge in [0.05, 0.1) is 23.2 Å². The zero-order valence-corrected chi connectivity index (χ0v) is 17.2. The average molecular weight is 407 g/mol. The number of rotatable bonds is 5. The average Bonchev–Trinajstić information content (AvgIpc) is 3.12. The molecule has 27 heavy (non-hydrogen) atoms. The lowest BCUT2D eigenvalue weighted by Gasteiger charge is -2.09. The van der Waals surface area contributed by atoms with Gasteiger partial charge in [0.25, 0.3) is 0 Å². The Morgan fingerprint density at radius 3 is 2.52 bits per heavy atom. The van der Waals surface area contributed by atoms with Crippen LogP contribution in [0.5, 0.6) is 0 Å². The quantitative estimate of drug-likeness (QED) is 0.550. The summed E-state index contributed by atoms with van der Waals surface area (Å²) in [6, 6.07) is 7.32. The number of allylic oxidation sites excluding steroid dienone is 1. The van der Waals surface area contributed by atoms with E-state index in [0.717, 1.165) is 0 Å². The molecule has 1 aromatic heterocycles. The van der Waals surface area contributed by atoms with Gasteiger partial charge in [0, 0.05) is 11.1 Å². The van der Waals surface area contributed by atoms with E-state index in [0.29, 0.717) is 34.3 Å². The third kappa shape index (κ3) is 4.33. The van der Waals surface area contributed by atoms with Crippen LogP contribution in [-0.4, -0.2) is 35.5 Å². The summed E-state index contributed by atoms with van der Waals surface area (Å²) in [6.45, 7) is 6.01. The first kappa shape index (κ1) is 19.8. The first-order chi connectivity index (χ1) is 12.7. The lowest BCUT2D eigenvalue weighted by Crippen LogP contribution is -2.12. The molecule has 0 unspecified atom stereocenters. The Hall–Kier alpha value is -1.92. The molecule has 1 aliphatic rings. The second-order valence-corrected chi connectivity index (χ2v) is 9.85. The summed E-state index contributed by atoms with van der Waals surface area (Å²) in [4.78, 5) is 12.4. The summed E-state index contributed by atoms with van der Waals surface area (Å²) < 4.78 is 25.0. The molecule has 1 aliphatic heterocycles. The molecule has 2 aromatic rings. The molecule has 0 N–H and O–H groups in total. The van der Waals surface area contributed by atoms with Gasteiger partial charge in [-0.2, -0.15) is 5.10 Å². The molecule has 0 bridgehead atoms. The van der Waals surface area contributed by atoms with E-state index < -0.39 is 9.84 Å². The van der Waals surface area contributed by atoms with Crippen LogP contribution in [0.15, 0.2) is 30.3 Å². The van der Waals surface area contributed by atoms with Gasteiger partial charge < -0.3 is 0 Å². The molecule has 3 rings (SSSR count). The molecule has 0 saturated carbocycles. The number of aromatic nitrogens is 2. The Balaban J connectivity index is 1.80. The number of carbonyl (C=O) groups is 1. The number of aryl methyl sites for hydroxylation is 1. The maximum atomic E-state index is 12.4. The Kier molecular flexibility index (Phi) is 5.58. The summed E-state index contributed by atoms with van der Waals surface area (Å²) in [5, 5.41) is 4.77. The molecule has 0 spiro atoms. The van der Waals surface area contributed by atoms with Gasteiger partial charge in [-0.15, -0.1) is 0 Å². The number of hydrogen-bond donors (Lipinski definition) is 0. The van der Waals surface area contributed by atoms with E-state index in [1.807, 2.05) is 24.3 Å². The molecule has 7 heteroatoms. The SMILES string of the molecule is Cc1nn([C@@H]2CCS(=O)(=O)C2)c(Cl)c1/C=C/C(=O)c1ccc(C(C)C)cc1. The Labute approximate surface area is 165 Å². The molecule has 0 radical (unpaired) electrons. The predicted molar refractivity (Wildman–Crippen MR) is 108 cm³/mol. The van der Waals surface area contributed by atoms with Crippen molar-refractivity contribution < 1.29 is 13.2 Å². The molecule has 0 aliphatic carbocycles. The van der Waals surface area contributed by atoms with Crippen molar-refractivity contribution in [1.82, 2.24) is 9.78 Å². The number of benzene rings is 1. The lowest BCUT2D eigenvalue weighted by atomic mass is 10.0. The largest absolute Gasteiger partial charge is 0.289 e. The van der Waals surface area contributed by atoms with Crippen molar-refractivity contribution in [2.24, 2.45) is 0 Å². The summed E-state index contributed by atoms with van der Waals surface area (Å²) >= 11 is 6.43. The van der Waals surface area contributed by atoms with Gasteiger partial charge in [-0.3, -0.25) is 4.79 Å². The topological polar surface area (TPSA) is 69.0 Å². The highest BCUT2D eigenvalue weighted by Gasteiger charge is 2.31. The number of hydrogen-bond acceptors (Lipinski definition) is 4. The molecule has 0 amide bonds. The van der Waals surface area contributed by atoms with Gasteiger partial charge in [0.1, 0.15) is 5.15 Å². The third-order valence-corrected chi connectivity index (χ3v) is 7.02. The van der Waals surface area contributed by atoms with Crippen molar-refractivity contribution in [2.45, 2.75) is 39.2 Å². The minimum atomic E-state index is -3.03. The Morgan fingerprint density at radius 1 is 1.30 bits per heavy atom. The van der Waals surface area contributed by atoms with E-state index in [2.05, 4.69) is 18.9 Å². The van der Waals surface area contributed by atoms with E-state index >= 15 is 0 Å². The fraction of sp³-hybridized carbons (Fsp3) is 0.400. The van der Waals surface area contributed by atoms with Crippen LogP contribution >= 0.6 is 11.6 Å². The molecule has 1 aromatic carbocycles. The smallest absolute Gasteiger partial charge is 0.185 e. The number of carbonyl (C=O) groups excluding carboxylic acids is 1. The molecule has 5 nitrogen and oxygen atoms in total. The zero-order valence-electron chi connectivity index (χ0n) is 15.6. The standard InChI is InChI=1S/C20H23ClN2O3S/c1-13(2)15-4-6-16(7-5-15)19(24)9-8-18-14(3)22-23(20(18)21)17-10-11-27(25,26)12-17/h4-9,13,17H,10-12H2,1-3H3/b9-8+/t17-/m1/s1. The van der Waals surface area contributed by atoms with Crippen molar-refractivity contribution in [1.29, 1.82) is 0 Å². The molecular weight excluding hydrogens is 384 g/mol. The minimum absolute atomic E-state index is 0.0537. The van der Waals surface area contributed by atoms with Gasteiger partial charge in [0.15, 0.2) is 15.6 Å². The van der Waals surface area contributed by atoms with E-state index in [-0.39, 0.29) is 23.3 Å². The first-order valence-corrected chi connectivity index (χ1v) is 11.2. The number of halogens is 1. The maximum absolute atomic E-state index is 12.4. The van der Waals surface area contributed by atoms with Crippen molar-refractivity contribution in [3.05, 3.63) is 57.9 Å². The van der Waals surface area contributed by atoms with Gasteiger partial charge >= 0.3 is 0 Å². The van der Waals surface area contributed by atoms with Crippen molar-refractivity contribution >= 4 is 33.3 Å². The highest BCUT2D eigenvalue weighted by Crippen LogP contribution is 2.30. The van der Waals surface area contributed by atoms with Crippen LogP contribution in [0, 0.1) is 6.92 Å². The number of ketones is 1. The molecule has 1 atom stereocenters. The summed E-state index contributed by atoms with van der Waals surface area (Å²) in [5.74, 6) is 0.509. The molecule has 1 saturated heterocycles. The summed E-state index contributed by atoms with van der Waals surface area (Å²) in [5.41, 5.74) is 3.11. The summed E-state index contributed by atoms with van der Waals surface area (Å²) in [7, 11) is -3.03. The summed E-state index contributed by atoms with van der Waals surface area (Å²) in [6.07, 6.45) is 3.65. The fourth-order valence-corrected chi connectivity index (χ4v) is 5.29. The van der Waals surface area contributed by atoms with Crippen molar-refractivity contribution in [3.8, 4) is 0 Å². The Bertz CT molecular complexity index is 989. The number of sulfone groups is 1. The van der Waals surface area contributed by atoms with Crippen molar-refractivity contribution in [3.63, 3.8) is 0 Å². The van der Waals surface area contributed by atoms with Crippen LogP contribution in [0.1, 0.15) is 59.4 Å². The van der Waals surface area contributed by atoms with E-state index in [1.54, 1.807) is 17.7 Å². The van der Waals surface area contributed by atoms with Gasteiger partial charge in [-0.1, -0.05) is 49.7 Å². The molecule has 2 heterocycles. The first-order valence-electron chi connectivity index (χ1n) is 8.95. The maximum Gasteiger partial charge on any atom is 0.185 e. The van der Waals surface area contributed by atoms with Crippen LogP contribution in [0.3, 0.4) is 0 Å². The van der Waals surface area contributed by atoms with Crippen LogP contribution < -0.4 is 0 Å². The monoisotopic (exact) mass is 406 g/mol. The van der Waals surface area contributed by atoms with Gasteiger partial charge in [0.2, 0.25) is 0 Å². The highest BCUT2D eigenvalue weighted by molar-refractivity contribution is 7.91. The Morgan fingerprint density at radius 2 is 1.96 bits per heavy atom. The highest BCUT2D eigenvalue weighted by atomic mass is 35.5. The van der Waals surface area contributed by atoms with Crippen LogP contribution in [-0.2, 0) is 9.84 Å². The van der Waals surface area contributed by atoms with Crippen LogP contribution in [0.25, 0.3) is 6.08 Å². The predicted octanol–water partition coefficient (Wildman–Crippen LogP) is 4.22. The van der Waals surface area contributed by atoms with Crippen molar-refractivity contribution in [2.75, 3.05) is 11.5 Å². The van der Waals surface area contributed by atoms with E-state index in [4.69, 9.17) is 11.6 Å². The lowest BCUT2D eigenvalue weighted by molar-refractivity contribution is 0.104. The second kappa shape index (κ2) is 7.60. The normalized spacial score (nSPS) is 19.2. The van der Waals surface area contributed by atoms with Gasteiger partial charge in [-0.25, -0.2) is 13.1 Å². The molecule has 144 valence electrons. The third-order valence-electron chi connectivity index (χ3n) is 4.89. The van der Waals surface area contributed by atoms with E-state index in [9.17, 15) is 13.2 Å². The van der Waals surface area contributed by atoms with Gasteiger partial charge in [-0.05, 0) is 37.0 Å². The molecule has 1 fully saturated rings. The van der Waals surface area contributed by atoms with E-state index in [1.165, 1.54) is 11.6 Å². The van der Waals surface area contributed by atoms with Crippen LogP contribution in [0.4, 0.5) is 0 Å². The number of nitrogens with zero attached hydrogens (tertiary/aromatic N) is 2. The minimum Gasteiger partial charge on any atom is -0.289 e. The van der Waals surface area contributed by atoms with Crippen LogP contribution in [0.2, 0.25) is 5.15 Å². The second-order valence-electron chi connectivity index (χ2n) is 7.27.